The van der Waals surface area contributed by atoms with Crippen molar-refractivity contribution in [3.8, 4) is 0 Å². The van der Waals surface area contributed by atoms with E-state index in [1.807, 2.05) is 30.3 Å². The van der Waals surface area contributed by atoms with E-state index in [4.69, 9.17) is 0 Å². The molecule has 0 fully saturated rings. The molecule has 0 aromatic heterocycles. The molecule has 0 bridgehead atoms. The fourth-order valence-corrected chi connectivity index (χ4v) is 0.710. The van der Waals surface area contributed by atoms with Crippen LogP contribution in [0.5, 0.6) is 0 Å². The van der Waals surface area contributed by atoms with Gasteiger partial charge in [-0.15, -0.1) is 0 Å². The predicted molar refractivity (Wildman–Crippen MR) is 44.8 cm³/mol. The fraction of sp³-hybridized carbons (Fsp3) is 0.125. The maximum absolute atomic E-state index is 9.97. The molecule has 10 heavy (non-hydrogen) atoms. The van der Waals surface area contributed by atoms with Crippen molar-refractivity contribution in [3.63, 3.8) is 0 Å². The van der Waals surface area contributed by atoms with Crippen LogP contribution in [0.25, 0.3) is 0 Å². The molecule has 1 nitrogen and oxygen atoms in total. The molecule has 0 unspecified atom stereocenters. The van der Waals surface area contributed by atoms with E-state index in [0.717, 1.165) is 11.8 Å². The van der Waals surface area contributed by atoms with Gasteiger partial charge in [-0.05, 0) is 5.56 Å². The summed E-state index contributed by atoms with van der Waals surface area (Å²) < 4.78 is 0. The third-order valence-electron chi connectivity index (χ3n) is 1.16. The summed E-state index contributed by atoms with van der Waals surface area (Å²) in [7, 11) is 0. The Morgan fingerprint density at radius 2 is 1.80 bits per heavy atom. The molecule has 0 radical (unpaired) electrons. The zero-order valence-electron chi connectivity index (χ0n) is 5.08. The quantitative estimate of drug-likeness (QED) is 0.457. The van der Waals surface area contributed by atoms with E-state index >= 15 is 0 Å². The molecule has 2 heteroatoms. The molecule has 0 aliphatic heterocycles. The molecule has 0 aliphatic carbocycles. The number of benzene rings is 1. The van der Waals surface area contributed by atoms with Crippen molar-refractivity contribution in [2.24, 2.45) is 0 Å². The standard InChI is InChI=1S/C8H8O.Ca.2H/c9-7-6-8-4-2-1-3-5-8;;;/h1-5,7H,6H2;;;. The Balaban J connectivity index is 0.000000810. The topological polar surface area (TPSA) is 17.1 Å². The number of hydrogen-bond acceptors (Lipinski definition) is 1. The van der Waals surface area contributed by atoms with E-state index in [1.54, 1.807) is 0 Å². The van der Waals surface area contributed by atoms with Gasteiger partial charge >= 0.3 is 37.7 Å². The minimum atomic E-state index is 0. The zero-order valence-corrected chi connectivity index (χ0v) is 5.08. The van der Waals surface area contributed by atoms with Gasteiger partial charge < -0.3 is 4.79 Å². The van der Waals surface area contributed by atoms with E-state index < -0.39 is 0 Å². The summed E-state index contributed by atoms with van der Waals surface area (Å²) in [6.45, 7) is 0. The van der Waals surface area contributed by atoms with Gasteiger partial charge in [0.1, 0.15) is 6.29 Å². The second kappa shape index (κ2) is 5.90. The van der Waals surface area contributed by atoms with Crippen molar-refractivity contribution in [1.29, 1.82) is 0 Å². The Morgan fingerprint density at radius 1 is 1.20 bits per heavy atom. The Labute approximate surface area is 90.4 Å². The summed E-state index contributed by atoms with van der Waals surface area (Å²) in [4.78, 5) is 9.97. The van der Waals surface area contributed by atoms with Gasteiger partial charge in [0, 0.05) is 6.42 Å². The van der Waals surface area contributed by atoms with Gasteiger partial charge in [-0.3, -0.25) is 0 Å². The van der Waals surface area contributed by atoms with Crippen LogP contribution in [-0.2, 0) is 11.2 Å². The van der Waals surface area contributed by atoms with Crippen molar-refractivity contribution >= 4 is 44.0 Å². The average molecular weight is 162 g/mol. The fourth-order valence-electron chi connectivity index (χ4n) is 0.710. The second-order valence-electron chi connectivity index (χ2n) is 1.86. The first-order valence-corrected chi connectivity index (χ1v) is 2.91. The summed E-state index contributed by atoms with van der Waals surface area (Å²) in [5.74, 6) is 0. The van der Waals surface area contributed by atoms with Gasteiger partial charge in [-0.1, -0.05) is 30.3 Å². The number of carbonyl (C=O) groups excluding carboxylic acids is 1. The van der Waals surface area contributed by atoms with E-state index in [9.17, 15) is 4.79 Å². The van der Waals surface area contributed by atoms with Crippen molar-refractivity contribution < 1.29 is 4.79 Å². The molecule has 0 amide bonds. The van der Waals surface area contributed by atoms with Crippen LogP contribution in [0.1, 0.15) is 5.56 Å². The zero-order chi connectivity index (χ0) is 6.53. The normalized spacial score (nSPS) is 8.00. The van der Waals surface area contributed by atoms with Gasteiger partial charge in [0.2, 0.25) is 0 Å². The van der Waals surface area contributed by atoms with Crippen LogP contribution in [0.4, 0.5) is 0 Å². The summed E-state index contributed by atoms with van der Waals surface area (Å²) in [5.41, 5.74) is 1.08. The Kier molecular flexibility index (Phi) is 5.99. The first-order valence-electron chi connectivity index (χ1n) is 2.91. The van der Waals surface area contributed by atoms with Crippen LogP contribution in [0.2, 0.25) is 0 Å². The summed E-state index contributed by atoms with van der Waals surface area (Å²) in [6.07, 6.45) is 1.44. The molecule has 0 N–H and O–H groups in total. The predicted octanol–water partition coefficient (Wildman–Crippen LogP) is 0.512. The van der Waals surface area contributed by atoms with Gasteiger partial charge in [-0.2, -0.15) is 0 Å². The molecule has 0 atom stereocenters. The molecule has 0 aliphatic rings. The van der Waals surface area contributed by atoms with E-state index in [1.165, 1.54) is 0 Å². The van der Waals surface area contributed by atoms with Crippen LogP contribution in [0, 0.1) is 0 Å². The van der Waals surface area contributed by atoms with Crippen LogP contribution in [0.3, 0.4) is 0 Å². The van der Waals surface area contributed by atoms with Gasteiger partial charge in [0.05, 0.1) is 0 Å². The molecule has 1 aromatic rings. The van der Waals surface area contributed by atoms with Gasteiger partial charge in [-0.25, -0.2) is 0 Å². The van der Waals surface area contributed by atoms with Crippen LogP contribution in [0.15, 0.2) is 30.3 Å². The van der Waals surface area contributed by atoms with Crippen molar-refractivity contribution in [2.75, 3.05) is 0 Å². The SMILES string of the molecule is O=CCc1ccccc1.[CaH2]. The van der Waals surface area contributed by atoms with Crippen molar-refractivity contribution in [1.82, 2.24) is 0 Å². The summed E-state index contributed by atoms with van der Waals surface area (Å²) in [5, 5.41) is 0. The molecule has 0 saturated heterocycles. The average Bonchev–Trinajstić information content (AvgIpc) is 1.91. The molecule has 0 spiro atoms. The number of carbonyl (C=O) groups is 1. The van der Waals surface area contributed by atoms with E-state index in [2.05, 4.69) is 0 Å². The summed E-state index contributed by atoms with van der Waals surface area (Å²) in [6, 6.07) is 9.68. The van der Waals surface area contributed by atoms with Crippen LogP contribution < -0.4 is 0 Å². The molecule has 0 heterocycles. The summed E-state index contributed by atoms with van der Waals surface area (Å²) >= 11 is 0. The van der Waals surface area contributed by atoms with E-state index in [0.29, 0.717) is 6.42 Å². The van der Waals surface area contributed by atoms with Crippen molar-refractivity contribution in [2.45, 2.75) is 6.42 Å². The molecule has 1 aromatic carbocycles. The molecule has 50 valence electrons. The number of rotatable bonds is 2. The minimum absolute atomic E-state index is 0. The number of hydrogen-bond donors (Lipinski definition) is 0. The molecule has 0 saturated carbocycles. The van der Waals surface area contributed by atoms with Crippen LogP contribution >= 0.6 is 0 Å². The number of aldehydes is 1. The third-order valence-corrected chi connectivity index (χ3v) is 1.16. The van der Waals surface area contributed by atoms with Crippen LogP contribution in [-0.4, -0.2) is 44.0 Å². The van der Waals surface area contributed by atoms with Gasteiger partial charge in [0.25, 0.3) is 0 Å². The molecular weight excluding hydrogens is 152 g/mol. The first kappa shape index (κ1) is 10.1. The maximum atomic E-state index is 9.97. The molecular formula is C8H10CaO. The van der Waals surface area contributed by atoms with E-state index in [-0.39, 0.29) is 37.7 Å². The molecule has 1 rings (SSSR count). The second-order valence-corrected chi connectivity index (χ2v) is 1.86. The Morgan fingerprint density at radius 3 is 2.30 bits per heavy atom. The van der Waals surface area contributed by atoms with Gasteiger partial charge in [0.15, 0.2) is 0 Å². The Hall–Kier alpha value is 0.150. The third kappa shape index (κ3) is 3.35. The van der Waals surface area contributed by atoms with Crippen molar-refractivity contribution in [3.05, 3.63) is 35.9 Å². The first-order chi connectivity index (χ1) is 4.43. The monoisotopic (exact) mass is 162 g/mol. The Bertz CT molecular complexity index is 184.